The van der Waals surface area contributed by atoms with Gasteiger partial charge in [0.05, 0.1) is 13.0 Å². The number of amides is 2. The van der Waals surface area contributed by atoms with Gasteiger partial charge in [-0.3, -0.25) is 9.59 Å². The van der Waals surface area contributed by atoms with E-state index in [1.165, 1.54) is 0 Å². The van der Waals surface area contributed by atoms with Gasteiger partial charge in [0.15, 0.2) is 0 Å². The third-order valence-corrected chi connectivity index (χ3v) is 5.72. The van der Waals surface area contributed by atoms with Crippen molar-refractivity contribution in [2.45, 2.75) is 18.9 Å². The van der Waals surface area contributed by atoms with Crippen LogP contribution in [0.2, 0.25) is 0 Å². The van der Waals surface area contributed by atoms with Gasteiger partial charge in [-0.2, -0.15) is 0 Å². The average Bonchev–Trinajstić information content (AvgIpc) is 3.20. The molecule has 0 spiro atoms. The van der Waals surface area contributed by atoms with Crippen molar-refractivity contribution in [2.24, 2.45) is 5.92 Å². The Morgan fingerprint density at radius 2 is 1.87 bits per heavy atom. The summed E-state index contributed by atoms with van der Waals surface area (Å²) in [5.74, 6) is 0.465. The minimum absolute atomic E-state index is 0.0712. The Morgan fingerprint density at radius 1 is 1.10 bits per heavy atom. The van der Waals surface area contributed by atoms with Crippen LogP contribution in [0.1, 0.15) is 22.6 Å². The maximum absolute atomic E-state index is 13.0. The van der Waals surface area contributed by atoms with Crippen LogP contribution in [-0.2, 0) is 22.6 Å². The second-order valence-corrected chi connectivity index (χ2v) is 8.00. The van der Waals surface area contributed by atoms with E-state index in [9.17, 15) is 9.59 Å². The van der Waals surface area contributed by atoms with E-state index in [1.54, 1.807) is 7.11 Å². The van der Waals surface area contributed by atoms with E-state index in [2.05, 4.69) is 15.5 Å². The highest BCUT2D eigenvalue weighted by Gasteiger charge is 2.36. The Labute approximate surface area is 183 Å². The first-order valence-electron chi connectivity index (χ1n) is 10.6. The standard InChI is InChI=1S/C24H31N3O4/c1-27-14-21(19-5-3-4-18(12-19)13-26-23(29)16-28)22(15-27)24(30)25-11-10-17-6-8-20(31-2)9-7-17/h3-9,12,21-22,28H,10-11,13-16H2,1-2H3,(H,25,30)(H,26,29)/t21-,22-/m0/s1. The van der Waals surface area contributed by atoms with Gasteiger partial charge < -0.3 is 25.4 Å². The van der Waals surface area contributed by atoms with E-state index >= 15 is 0 Å². The van der Waals surface area contributed by atoms with Gasteiger partial charge in [-0.15, -0.1) is 0 Å². The van der Waals surface area contributed by atoms with E-state index in [-0.39, 0.29) is 17.7 Å². The number of hydrogen-bond acceptors (Lipinski definition) is 5. The maximum atomic E-state index is 13.0. The highest BCUT2D eigenvalue weighted by Crippen LogP contribution is 2.32. The Morgan fingerprint density at radius 3 is 2.58 bits per heavy atom. The molecule has 1 heterocycles. The molecule has 3 rings (SSSR count). The SMILES string of the molecule is COc1ccc(CCNC(=O)[C@H]2CN(C)C[C@H]2c2cccc(CNC(=O)CO)c2)cc1. The van der Waals surface area contributed by atoms with Crippen molar-refractivity contribution in [2.75, 3.05) is 40.4 Å². The maximum Gasteiger partial charge on any atom is 0.245 e. The monoisotopic (exact) mass is 425 g/mol. The normalized spacial score (nSPS) is 18.5. The second kappa shape index (κ2) is 10.9. The van der Waals surface area contributed by atoms with Crippen LogP contribution >= 0.6 is 0 Å². The average molecular weight is 426 g/mol. The Hall–Kier alpha value is -2.90. The van der Waals surface area contributed by atoms with Crippen LogP contribution in [-0.4, -0.2) is 62.2 Å². The molecule has 7 heteroatoms. The van der Waals surface area contributed by atoms with E-state index in [0.717, 1.165) is 35.4 Å². The number of ether oxygens (including phenoxy) is 1. The molecule has 2 aromatic carbocycles. The lowest BCUT2D eigenvalue weighted by Gasteiger charge is -2.19. The lowest BCUT2D eigenvalue weighted by Crippen LogP contribution is -2.35. The zero-order valence-corrected chi connectivity index (χ0v) is 18.1. The summed E-state index contributed by atoms with van der Waals surface area (Å²) in [5, 5.41) is 14.6. The molecule has 0 unspecified atom stereocenters. The van der Waals surface area contributed by atoms with Crippen molar-refractivity contribution in [1.82, 2.24) is 15.5 Å². The van der Waals surface area contributed by atoms with E-state index in [0.29, 0.717) is 19.6 Å². The molecule has 0 bridgehead atoms. The van der Waals surface area contributed by atoms with Crippen LogP contribution in [0.15, 0.2) is 48.5 Å². The lowest BCUT2D eigenvalue weighted by atomic mass is 9.87. The van der Waals surface area contributed by atoms with Gasteiger partial charge in [0.25, 0.3) is 0 Å². The fourth-order valence-electron chi connectivity index (χ4n) is 4.05. The molecule has 7 nitrogen and oxygen atoms in total. The molecule has 31 heavy (non-hydrogen) atoms. The van der Waals surface area contributed by atoms with E-state index in [1.807, 2.05) is 55.6 Å². The first kappa shape index (κ1) is 22.8. The first-order chi connectivity index (χ1) is 15.0. The molecular formula is C24H31N3O4. The van der Waals surface area contributed by atoms with Crippen molar-refractivity contribution in [3.05, 3.63) is 65.2 Å². The number of aliphatic hydroxyl groups excluding tert-OH is 1. The number of hydrogen-bond donors (Lipinski definition) is 3. The number of nitrogens with one attached hydrogen (secondary N) is 2. The molecule has 2 aromatic rings. The van der Waals surface area contributed by atoms with Crippen LogP contribution in [0, 0.1) is 5.92 Å². The zero-order chi connectivity index (χ0) is 22.2. The van der Waals surface area contributed by atoms with E-state index < -0.39 is 12.5 Å². The van der Waals surface area contributed by atoms with Crippen molar-refractivity contribution >= 4 is 11.8 Å². The third-order valence-electron chi connectivity index (χ3n) is 5.72. The summed E-state index contributed by atoms with van der Waals surface area (Å²) in [6.07, 6.45) is 0.767. The summed E-state index contributed by atoms with van der Waals surface area (Å²) in [7, 11) is 3.67. The molecule has 1 saturated heterocycles. The van der Waals surface area contributed by atoms with Crippen molar-refractivity contribution in [3.63, 3.8) is 0 Å². The number of likely N-dealkylation sites (tertiary alicyclic amines) is 1. The number of methoxy groups -OCH3 is 1. The van der Waals surface area contributed by atoms with Gasteiger partial charge in [-0.1, -0.05) is 36.4 Å². The molecule has 3 N–H and O–H groups in total. The summed E-state index contributed by atoms with van der Waals surface area (Å²) >= 11 is 0. The Balaban J connectivity index is 1.59. The molecule has 166 valence electrons. The van der Waals surface area contributed by atoms with E-state index in [4.69, 9.17) is 9.84 Å². The van der Waals surface area contributed by atoms with Gasteiger partial charge >= 0.3 is 0 Å². The molecule has 0 radical (unpaired) electrons. The summed E-state index contributed by atoms with van der Waals surface area (Å²) in [6, 6.07) is 15.8. The zero-order valence-electron chi connectivity index (χ0n) is 18.1. The molecule has 2 amide bonds. The van der Waals surface area contributed by atoms with Crippen molar-refractivity contribution in [3.8, 4) is 5.75 Å². The number of likely N-dealkylation sites (N-methyl/N-ethyl adjacent to an activating group) is 1. The first-order valence-corrected chi connectivity index (χ1v) is 10.6. The van der Waals surface area contributed by atoms with Crippen LogP contribution < -0.4 is 15.4 Å². The van der Waals surface area contributed by atoms with Crippen LogP contribution in [0.5, 0.6) is 5.75 Å². The van der Waals surface area contributed by atoms with Gasteiger partial charge in [0.2, 0.25) is 11.8 Å². The highest BCUT2D eigenvalue weighted by atomic mass is 16.5. The minimum atomic E-state index is -0.522. The molecule has 0 aromatic heterocycles. The number of benzene rings is 2. The van der Waals surface area contributed by atoms with Gasteiger partial charge in [0.1, 0.15) is 12.4 Å². The molecule has 2 atom stereocenters. The molecule has 0 saturated carbocycles. The number of rotatable bonds is 9. The topological polar surface area (TPSA) is 90.9 Å². The summed E-state index contributed by atoms with van der Waals surface area (Å²) in [6.45, 7) is 1.94. The van der Waals surface area contributed by atoms with Crippen molar-refractivity contribution < 1.29 is 19.4 Å². The van der Waals surface area contributed by atoms with Crippen molar-refractivity contribution in [1.29, 1.82) is 0 Å². The minimum Gasteiger partial charge on any atom is -0.497 e. The number of carbonyl (C=O) groups excluding carboxylic acids is 2. The highest BCUT2D eigenvalue weighted by molar-refractivity contribution is 5.80. The smallest absolute Gasteiger partial charge is 0.245 e. The fourth-order valence-corrected chi connectivity index (χ4v) is 4.05. The van der Waals surface area contributed by atoms with Gasteiger partial charge in [-0.25, -0.2) is 0 Å². The van der Waals surface area contributed by atoms with Gasteiger partial charge in [-0.05, 0) is 42.3 Å². The third kappa shape index (κ3) is 6.29. The van der Waals surface area contributed by atoms with Gasteiger partial charge in [0, 0.05) is 32.1 Å². The number of aliphatic hydroxyl groups is 1. The summed E-state index contributed by atoms with van der Waals surface area (Å²) in [5.41, 5.74) is 3.20. The number of nitrogens with zero attached hydrogens (tertiary/aromatic N) is 1. The van der Waals surface area contributed by atoms with Crippen LogP contribution in [0.25, 0.3) is 0 Å². The Bertz CT molecular complexity index is 885. The second-order valence-electron chi connectivity index (χ2n) is 8.00. The van der Waals surface area contributed by atoms with Crippen LogP contribution in [0.3, 0.4) is 0 Å². The molecule has 0 aliphatic carbocycles. The molecule has 1 aliphatic rings. The van der Waals surface area contributed by atoms with Crippen LogP contribution in [0.4, 0.5) is 0 Å². The Kier molecular flexibility index (Phi) is 8.03. The fraction of sp³-hybridized carbons (Fsp3) is 0.417. The largest absolute Gasteiger partial charge is 0.497 e. The quantitative estimate of drug-likeness (QED) is 0.564. The lowest BCUT2D eigenvalue weighted by molar-refractivity contribution is -0.125. The predicted molar refractivity (Wildman–Crippen MR) is 119 cm³/mol. The molecule has 1 aliphatic heterocycles. The number of carbonyl (C=O) groups is 2. The molecular weight excluding hydrogens is 394 g/mol. The summed E-state index contributed by atoms with van der Waals surface area (Å²) < 4.78 is 5.18. The summed E-state index contributed by atoms with van der Waals surface area (Å²) in [4.78, 5) is 26.5. The molecule has 1 fully saturated rings. The predicted octanol–water partition coefficient (Wildman–Crippen LogP) is 1.31.